The van der Waals surface area contributed by atoms with Gasteiger partial charge in [-0.15, -0.1) is 0 Å². The first-order chi connectivity index (χ1) is 21.9. The van der Waals surface area contributed by atoms with E-state index in [2.05, 4.69) is 133 Å². The largest absolute Gasteiger partial charge is 0.458 e. The van der Waals surface area contributed by atoms with Crippen LogP contribution in [0.25, 0.3) is 0 Å². The molecule has 218 valence electrons. The summed E-state index contributed by atoms with van der Waals surface area (Å²) in [4.78, 5) is 0. The van der Waals surface area contributed by atoms with Gasteiger partial charge in [-0.25, -0.2) is 0 Å². The minimum absolute atomic E-state index is 0.0585. The molecule has 8 rings (SSSR count). The van der Waals surface area contributed by atoms with Crippen LogP contribution in [0.1, 0.15) is 24.3 Å². The second-order valence-corrected chi connectivity index (χ2v) is 15.7. The summed E-state index contributed by atoms with van der Waals surface area (Å²) in [7, 11) is -1.67. The lowest BCUT2D eigenvalue weighted by Gasteiger charge is -2.39. The minimum Gasteiger partial charge on any atom is -0.458 e. The molecule has 4 nitrogen and oxygen atoms in total. The summed E-state index contributed by atoms with van der Waals surface area (Å²) in [5.74, 6) is 3.53. The highest BCUT2D eigenvalue weighted by Crippen LogP contribution is 2.58. The lowest BCUT2D eigenvalue weighted by atomic mass is 9.85. The third-order valence-corrected chi connectivity index (χ3v) is 14.0. The highest BCUT2D eigenvalue weighted by Gasteiger charge is 2.46. The van der Waals surface area contributed by atoms with Crippen LogP contribution in [-0.2, 0) is 9.47 Å². The van der Waals surface area contributed by atoms with E-state index in [0.29, 0.717) is 0 Å². The van der Waals surface area contributed by atoms with Gasteiger partial charge in [0, 0.05) is 17.6 Å². The van der Waals surface area contributed by atoms with Crippen LogP contribution in [0.15, 0.2) is 145 Å². The van der Waals surface area contributed by atoms with Gasteiger partial charge in [0.05, 0.1) is 5.92 Å². The molecule has 0 bridgehead atoms. The van der Waals surface area contributed by atoms with Crippen molar-refractivity contribution < 1.29 is 18.9 Å². The number of rotatable bonds is 7. The maximum atomic E-state index is 6.46. The third-order valence-electron chi connectivity index (χ3n) is 8.59. The Morgan fingerprint density at radius 1 is 0.523 bits per heavy atom. The van der Waals surface area contributed by atoms with Crippen molar-refractivity contribution in [2.45, 2.75) is 24.4 Å². The molecule has 0 saturated heterocycles. The van der Waals surface area contributed by atoms with E-state index in [1.807, 2.05) is 0 Å². The van der Waals surface area contributed by atoms with Crippen molar-refractivity contribution in [1.29, 1.82) is 0 Å². The van der Waals surface area contributed by atoms with Crippen LogP contribution in [0.5, 0.6) is 11.5 Å². The summed E-state index contributed by atoms with van der Waals surface area (Å²) in [6.07, 6.45) is 1.85. The predicted molar refractivity (Wildman–Crippen MR) is 180 cm³/mol. The zero-order valence-corrected chi connectivity index (χ0v) is 26.0. The molecule has 2 aliphatic heterocycles. The number of allylic oxidation sites excluding steroid dienone is 2. The Morgan fingerprint density at radius 2 is 1.07 bits per heavy atom. The van der Waals surface area contributed by atoms with E-state index < -0.39 is 15.8 Å². The first-order valence-corrected chi connectivity index (χ1v) is 17.8. The number of ether oxygens (including phenoxy) is 4. The van der Waals surface area contributed by atoms with Gasteiger partial charge >= 0.3 is 0 Å². The Balaban J connectivity index is 1.39. The van der Waals surface area contributed by atoms with Crippen LogP contribution in [0.3, 0.4) is 0 Å². The molecule has 44 heavy (non-hydrogen) atoms. The summed E-state index contributed by atoms with van der Waals surface area (Å²) in [6, 6.07) is 48.2. The second-order valence-electron chi connectivity index (χ2n) is 11.1. The van der Waals surface area contributed by atoms with Crippen molar-refractivity contribution in [2.75, 3.05) is 13.6 Å². The van der Waals surface area contributed by atoms with Gasteiger partial charge in [-0.1, -0.05) is 121 Å². The smallest absolute Gasteiger partial charge is 0.231 e. The van der Waals surface area contributed by atoms with Gasteiger partial charge in [-0.05, 0) is 60.9 Å². The molecule has 2 atom stereocenters. The minimum atomic E-state index is -0.910. The van der Waals surface area contributed by atoms with Gasteiger partial charge in [-0.3, -0.25) is 0 Å². The van der Waals surface area contributed by atoms with Crippen molar-refractivity contribution in [3.8, 4) is 11.5 Å². The first-order valence-electron chi connectivity index (χ1n) is 15.1. The summed E-state index contributed by atoms with van der Waals surface area (Å²) < 4.78 is 25.1. The monoisotopic (exact) mass is 614 g/mol. The fourth-order valence-corrected chi connectivity index (χ4v) is 12.3. The van der Waals surface area contributed by atoms with Gasteiger partial charge < -0.3 is 18.9 Å². The Hall–Kier alpha value is -4.10. The molecular weight excluding hydrogens is 582 g/mol. The number of fused-ring (bicyclic) bond motifs is 1. The normalized spacial score (nSPS) is 18.7. The lowest BCUT2D eigenvalue weighted by molar-refractivity contribution is 0.0675. The molecule has 6 heteroatoms. The van der Waals surface area contributed by atoms with E-state index in [4.69, 9.17) is 18.9 Å². The van der Waals surface area contributed by atoms with Crippen molar-refractivity contribution in [3.05, 3.63) is 151 Å². The van der Waals surface area contributed by atoms with Crippen LogP contribution < -0.4 is 36.0 Å². The number of benzene rings is 5. The molecule has 5 aromatic carbocycles. The summed E-state index contributed by atoms with van der Waals surface area (Å²) in [5, 5.41) is 6.61. The molecular formula is C38H32O4P2. The van der Waals surface area contributed by atoms with Crippen molar-refractivity contribution >= 4 is 42.4 Å². The molecule has 2 heterocycles. The van der Waals surface area contributed by atoms with E-state index in [9.17, 15) is 0 Å². The maximum absolute atomic E-state index is 6.46. The standard InChI is InChI=1S/C38H32O4P2/c1-5-13-27(14-6-1)43(28-15-7-2-8-16-28)33-23-21-31-37(41-25-39-31)35(33)36-34(24-22-32-38(36)42-26-40-32)44(29-17-9-3-10-18-29)30-19-11-4-12-20-30/h1-21,23,34,36H,22,24-26H2/t34-,36?/m1/s1. The van der Waals surface area contributed by atoms with Gasteiger partial charge in [0.1, 0.15) is 11.5 Å². The fourth-order valence-electron chi connectivity index (χ4n) is 6.77. The van der Waals surface area contributed by atoms with Crippen LogP contribution in [0, 0.1) is 0 Å². The van der Waals surface area contributed by atoms with E-state index in [1.165, 1.54) is 32.1 Å². The summed E-state index contributed by atoms with van der Waals surface area (Å²) in [6.45, 7) is 0.476. The molecule has 1 aliphatic carbocycles. The van der Waals surface area contributed by atoms with E-state index in [1.54, 1.807) is 0 Å². The molecule has 0 fully saturated rings. The zero-order valence-electron chi connectivity index (χ0n) is 24.2. The highest BCUT2D eigenvalue weighted by molar-refractivity contribution is 7.80. The van der Waals surface area contributed by atoms with Crippen molar-refractivity contribution in [2.24, 2.45) is 0 Å². The predicted octanol–water partition coefficient (Wildman–Crippen LogP) is 6.77. The van der Waals surface area contributed by atoms with Gasteiger partial charge in [0.2, 0.25) is 13.6 Å². The Kier molecular flexibility index (Phi) is 7.56. The highest BCUT2D eigenvalue weighted by atomic mass is 31.1. The molecule has 3 aliphatic rings. The third kappa shape index (κ3) is 4.97. The van der Waals surface area contributed by atoms with Crippen LogP contribution in [0.4, 0.5) is 0 Å². The molecule has 1 unspecified atom stereocenters. The Bertz CT molecular complexity index is 1700. The average Bonchev–Trinajstić information content (AvgIpc) is 3.77. The molecule has 0 spiro atoms. The van der Waals surface area contributed by atoms with Gasteiger partial charge in [0.25, 0.3) is 0 Å². The Labute approximate surface area is 260 Å². The number of hydrogen-bond donors (Lipinski definition) is 0. The van der Waals surface area contributed by atoms with Crippen LogP contribution in [-0.4, -0.2) is 19.2 Å². The van der Waals surface area contributed by atoms with E-state index >= 15 is 0 Å². The molecule has 0 N–H and O–H groups in total. The van der Waals surface area contributed by atoms with Crippen LogP contribution >= 0.6 is 15.8 Å². The SMILES string of the molecule is c1ccc(P(c2ccccc2)c2ccc3c(c2C2C4=C(CC[C@H]2P(c2ccccc2)c2ccccc2)OCO4)OCO3)cc1. The van der Waals surface area contributed by atoms with E-state index in [0.717, 1.165) is 35.9 Å². The van der Waals surface area contributed by atoms with Gasteiger partial charge in [0.15, 0.2) is 11.5 Å². The quantitative estimate of drug-likeness (QED) is 0.190. The zero-order chi connectivity index (χ0) is 29.3. The van der Waals surface area contributed by atoms with Crippen molar-refractivity contribution in [3.63, 3.8) is 0 Å². The fraction of sp³-hybridized carbons (Fsp3) is 0.158. The molecule has 0 aromatic heterocycles. The summed E-state index contributed by atoms with van der Waals surface area (Å²) >= 11 is 0. The topological polar surface area (TPSA) is 36.9 Å². The van der Waals surface area contributed by atoms with E-state index in [-0.39, 0.29) is 25.2 Å². The van der Waals surface area contributed by atoms with Crippen molar-refractivity contribution in [1.82, 2.24) is 0 Å². The molecule has 0 radical (unpaired) electrons. The maximum Gasteiger partial charge on any atom is 0.231 e. The Morgan fingerprint density at radius 3 is 1.66 bits per heavy atom. The lowest BCUT2D eigenvalue weighted by Crippen LogP contribution is -2.34. The first kappa shape index (κ1) is 27.4. The second kappa shape index (κ2) is 12.1. The van der Waals surface area contributed by atoms with Gasteiger partial charge in [-0.2, -0.15) is 0 Å². The molecule has 0 saturated carbocycles. The molecule has 0 amide bonds. The summed E-state index contributed by atoms with van der Waals surface area (Å²) in [5.41, 5.74) is 1.44. The molecule has 5 aromatic rings. The average molecular weight is 615 g/mol. The van der Waals surface area contributed by atoms with Crippen LogP contribution in [0.2, 0.25) is 0 Å². The number of hydrogen-bond acceptors (Lipinski definition) is 4.